The molecule has 1 saturated heterocycles. The van der Waals surface area contributed by atoms with Crippen molar-refractivity contribution in [3.63, 3.8) is 0 Å². The lowest BCUT2D eigenvalue weighted by Gasteiger charge is -2.18. The highest BCUT2D eigenvalue weighted by atomic mass is 15.1. The van der Waals surface area contributed by atoms with E-state index in [1.165, 1.54) is 30.6 Å². The number of hydrogen-bond donors (Lipinski definition) is 1. The van der Waals surface area contributed by atoms with Crippen molar-refractivity contribution in [3.05, 3.63) is 29.3 Å². The highest BCUT2D eigenvalue weighted by Crippen LogP contribution is 2.25. The van der Waals surface area contributed by atoms with Gasteiger partial charge in [0.1, 0.15) is 0 Å². The van der Waals surface area contributed by atoms with Gasteiger partial charge in [0.2, 0.25) is 0 Å². The molecular formula is C15H24N2. The third kappa shape index (κ3) is 3.01. The van der Waals surface area contributed by atoms with E-state index in [0.29, 0.717) is 0 Å². The molecule has 2 nitrogen and oxygen atoms in total. The third-order valence-electron chi connectivity index (χ3n) is 4.00. The number of hydrogen-bond acceptors (Lipinski definition) is 2. The Hall–Kier alpha value is -1.02. The van der Waals surface area contributed by atoms with Gasteiger partial charge in [0.05, 0.1) is 0 Å². The first kappa shape index (κ1) is 12.4. The number of nitrogen functional groups attached to an aromatic ring is 1. The van der Waals surface area contributed by atoms with Crippen molar-refractivity contribution >= 4 is 5.69 Å². The fourth-order valence-electron chi connectivity index (χ4n) is 2.60. The standard InChI is InChI=1S/C15H24N2/c1-11(2)14-6-7-17(10-14)9-13-5-4-12(3)15(16)8-13/h4-5,8,11,14H,6-7,9-10,16H2,1-3H3. The monoisotopic (exact) mass is 232 g/mol. The van der Waals surface area contributed by atoms with Crippen molar-refractivity contribution in [1.82, 2.24) is 4.90 Å². The van der Waals surface area contributed by atoms with Crippen LogP contribution in [0.15, 0.2) is 18.2 Å². The smallest absolute Gasteiger partial charge is 0.0346 e. The second kappa shape index (κ2) is 5.09. The molecule has 0 saturated carbocycles. The SMILES string of the molecule is Cc1ccc(CN2CCC(C(C)C)C2)cc1N. The second-order valence-corrected chi connectivity index (χ2v) is 5.72. The molecule has 0 aliphatic carbocycles. The summed E-state index contributed by atoms with van der Waals surface area (Å²) < 4.78 is 0. The normalized spacial score (nSPS) is 21.3. The molecular weight excluding hydrogens is 208 g/mol. The Kier molecular flexibility index (Phi) is 3.72. The van der Waals surface area contributed by atoms with E-state index in [-0.39, 0.29) is 0 Å². The first-order valence-electron chi connectivity index (χ1n) is 6.63. The van der Waals surface area contributed by atoms with E-state index < -0.39 is 0 Å². The summed E-state index contributed by atoms with van der Waals surface area (Å²) in [5.41, 5.74) is 9.39. The number of likely N-dealkylation sites (tertiary alicyclic amines) is 1. The van der Waals surface area contributed by atoms with Crippen LogP contribution in [-0.4, -0.2) is 18.0 Å². The lowest BCUT2D eigenvalue weighted by molar-refractivity contribution is 0.297. The van der Waals surface area contributed by atoms with Gasteiger partial charge in [-0.3, -0.25) is 4.90 Å². The molecule has 0 spiro atoms. The van der Waals surface area contributed by atoms with Crippen molar-refractivity contribution < 1.29 is 0 Å². The predicted molar refractivity (Wildman–Crippen MR) is 73.8 cm³/mol. The molecule has 0 radical (unpaired) electrons. The number of benzene rings is 1. The number of aryl methyl sites for hydroxylation is 1. The zero-order valence-electron chi connectivity index (χ0n) is 11.2. The van der Waals surface area contributed by atoms with Crippen LogP contribution in [0.3, 0.4) is 0 Å². The highest BCUT2D eigenvalue weighted by Gasteiger charge is 2.24. The van der Waals surface area contributed by atoms with Crippen LogP contribution >= 0.6 is 0 Å². The molecule has 1 fully saturated rings. The van der Waals surface area contributed by atoms with Crippen LogP contribution in [0.4, 0.5) is 5.69 Å². The summed E-state index contributed by atoms with van der Waals surface area (Å²) in [5, 5.41) is 0. The lowest BCUT2D eigenvalue weighted by Crippen LogP contribution is -2.21. The van der Waals surface area contributed by atoms with Gasteiger partial charge in [-0.2, -0.15) is 0 Å². The largest absolute Gasteiger partial charge is 0.399 e. The van der Waals surface area contributed by atoms with Crippen LogP contribution in [-0.2, 0) is 6.54 Å². The molecule has 1 aliphatic rings. The minimum absolute atomic E-state index is 0.808. The van der Waals surface area contributed by atoms with Crippen molar-refractivity contribution in [2.24, 2.45) is 11.8 Å². The quantitative estimate of drug-likeness (QED) is 0.812. The van der Waals surface area contributed by atoms with E-state index in [9.17, 15) is 0 Å². The molecule has 1 aromatic rings. The van der Waals surface area contributed by atoms with Gasteiger partial charge >= 0.3 is 0 Å². The average molecular weight is 232 g/mol. The maximum absolute atomic E-state index is 5.95. The number of nitrogens with zero attached hydrogens (tertiary/aromatic N) is 1. The molecule has 17 heavy (non-hydrogen) atoms. The van der Waals surface area contributed by atoms with Gasteiger partial charge < -0.3 is 5.73 Å². The summed E-state index contributed by atoms with van der Waals surface area (Å²) >= 11 is 0. The molecule has 2 rings (SSSR count). The molecule has 2 N–H and O–H groups in total. The Morgan fingerprint density at radius 2 is 2.18 bits per heavy atom. The first-order valence-corrected chi connectivity index (χ1v) is 6.63. The van der Waals surface area contributed by atoms with Crippen LogP contribution in [0.1, 0.15) is 31.4 Å². The van der Waals surface area contributed by atoms with Crippen LogP contribution in [0.2, 0.25) is 0 Å². The summed E-state index contributed by atoms with van der Waals surface area (Å²) in [6.45, 7) is 10.2. The van der Waals surface area contributed by atoms with E-state index in [4.69, 9.17) is 5.73 Å². The Morgan fingerprint density at radius 1 is 1.41 bits per heavy atom. The van der Waals surface area contributed by atoms with Crippen LogP contribution in [0.25, 0.3) is 0 Å². The van der Waals surface area contributed by atoms with Crippen LogP contribution in [0.5, 0.6) is 0 Å². The van der Waals surface area contributed by atoms with E-state index in [0.717, 1.165) is 24.1 Å². The summed E-state index contributed by atoms with van der Waals surface area (Å²) in [6.07, 6.45) is 1.35. The molecule has 0 amide bonds. The highest BCUT2D eigenvalue weighted by molar-refractivity contribution is 5.48. The van der Waals surface area contributed by atoms with Crippen molar-refractivity contribution in [3.8, 4) is 0 Å². The van der Waals surface area contributed by atoms with Gasteiger partial charge in [0, 0.05) is 18.8 Å². The van der Waals surface area contributed by atoms with Gasteiger partial charge in [-0.1, -0.05) is 26.0 Å². The predicted octanol–water partition coefficient (Wildman–Crippen LogP) is 3.06. The van der Waals surface area contributed by atoms with Gasteiger partial charge in [0.15, 0.2) is 0 Å². The molecule has 1 aromatic carbocycles. The van der Waals surface area contributed by atoms with Gasteiger partial charge in [-0.05, 0) is 48.9 Å². The summed E-state index contributed by atoms with van der Waals surface area (Å²) in [5.74, 6) is 1.68. The molecule has 1 atom stereocenters. The van der Waals surface area contributed by atoms with Crippen molar-refractivity contribution in [1.29, 1.82) is 0 Å². The Bertz CT molecular complexity index is 385. The number of anilines is 1. The van der Waals surface area contributed by atoms with E-state index >= 15 is 0 Å². The van der Waals surface area contributed by atoms with E-state index in [2.05, 4.69) is 43.9 Å². The second-order valence-electron chi connectivity index (χ2n) is 5.72. The van der Waals surface area contributed by atoms with Crippen molar-refractivity contribution in [2.45, 2.75) is 33.7 Å². The molecule has 1 aliphatic heterocycles. The average Bonchev–Trinajstić information content (AvgIpc) is 2.72. The maximum atomic E-state index is 5.95. The zero-order valence-corrected chi connectivity index (χ0v) is 11.2. The summed E-state index contributed by atoms with van der Waals surface area (Å²) in [6, 6.07) is 6.45. The van der Waals surface area contributed by atoms with Crippen molar-refractivity contribution in [2.75, 3.05) is 18.8 Å². The topological polar surface area (TPSA) is 29.3 Å². The van der Waals surface area contributed by atoms with Gasteiger partial charge in [-0.15, -0.1) is 0 Å². The fraction of sp³-hybridized carbons (Fsp3) is 0.600. The zero-order chi connectivity index (χ0) is 12.4. The van der Waals surface area contributed by atoms with E-state index in [1.54, 1.807) is 0 Å². The molecule has 1 heterocycles. The minimum Gasteiger partial charge on any atom is -0.399 e. The van der Waals surface area contributed by atoms with E-state index in [1.807, 2.05) is 0 Å². The van der Waals surface area contributed by atoms with Gasteiger partial charge in [-0.25, -0.2) is 0 Å². The Morgan fingerprint density at radius 3 is 2.76 bits per heavy atom. The number of rotatable bonds is 3. The first-order chi connectivity index (χ1) is 8.06. The number of nitrogens with two attached hydrogens (primary N) is 1. The molecule has 0 aromatic heterocycles. The Labute approximate surface area is 105 Å². The summed E-state index contributed by atoms with van der Waals surface area (Å²) in [4.78, 5) is 2.55. The fourth-order valence-corrected chi connectivity index (χ4v) is 2.60. The summed E-state index contributed by atoms with van der Waals surface area (Å²) in [7, 11) is 0. The van der Waals surface area contributed by atoms with Crippen LogP contribution in [0, 0.1) is 18.8 Å². The minimum atomic E-state index is 0.808. The molecule has 2 heteroatoms. The maximum Gasteiger partial charge on any atom is 0.0346 e. The molecule has 0 bridgehead atoms. The molecule has 94 valence electrons. The molecule has 1 unspecified atom stereocenters. The van der Waals surface area contributed by atoms with Crippen LogP contribution < -0.4 is 5.73 Å². The lowest BCUT2D eigenvalue weighted by atomic mass is 9.95. The van der Waals surface area contributed by atoms with Gasteiger partial charge in [0.25, 0.3) is 0 Å². The third-order valence-corrected chi connectivity index (χ3v) is 4.00. The Balaban J connectivity index is 1.96.